The second-order valence-corrected chi connectivity index (χ2v) is 7.83. The number of carbonyl (C=O) groups is 2. The summed E-state index contributed by atoms with van der Waals surface area (Å²) >= 11 is 0. The van der Waals surface area contributed by atoms with E-state index in [1.165, 1.54) is 0 Å². The normalized spacial score (nSPS) is 17.7. The number of piperazine rings is 1. The van der Waals surface area contributed by atoms with E-state index >= 15 is 0 Å². The summed E-state index contributed by atoms with van der Waals surface area (Å²) in [6, 6.07) is 7.80. The topological polar surface area (TPSA) is 78.4 Å². The van der Waals surface area contributed by atoms with Crippen LogP contribution in [0.15, 0.2) is 36.7 Å². The van der Waals surface area contributed by atoms with Crippen molar-refractivity contribution >= 4 is 23.5 Å². The van der Waals surface area contributed by atoms with E-state index in [-0.39, 0.29) is 11.8 Å². The molecular formula is C22H27N5O2. The van der Waals surface area contributed by atoms with Gasteiger partial charge in [-0.3, -0.25) is 9.59 Å². The minimum absolute atomic E-state index is 0.0461. The first-order valence-corrected chi connectivity index (χ1v) is 10.3. The van der Waals surface area contributed by atoms with Gasteiger partial charge in [0.05, 0.1) is 0 Å². The number of aromatic nitrogens is 2. The maximum absolute atomic E-state index is 13.2. The maximum atomic E-state index is 13.2. The molecule has 4 rings (SSSR count). The predicted octanol–water partition coefficient (Wildman–Crippen LogP) is 2.41. The predicted molar refractivity (Wildman–Crippen MR) is 112 cm³/mol. The van der Waals surface area contributed by atoms with E-state index in [4.69, 9.17) is 0 Å². The molecule has 2 amide bonds. The average Bonchev–Trinajstić information content (AvgIpc) is 3.57. The van der Waals surface area contributed by atoms with Crippen molar-refractivity contribution in [2.45, 2.75) is 33.1 Å². The zero-order chi connectivity index (χ0) is 20.4. The van der Waals surface area contributed by atoms with Crippen molar-refractivity contribution in [3.05, 3.63) is 47.8 Å². The Morgan fingerprint density at radius 3 is 2.38 bits per heavy atom. The summed E-state index contributed by atoms with van der Waals surface area (Å²) in [4.78, 5) is 38.8. The summed E-state index contributed by atoms with van der Waals surface area (Å²) in [7, 11) is 0. The van der Waals surface area contributed by atoms with Gasteiger partial charge in [0.15, 0.2) is 0 Å². The lowest BCUT2D eigenvalue weighted by molar-refractivity contribution is -0.142. The number of nitrogens with one attached hydrogen (secondary N) is 1. The molecule has 1 N–H and O–H groups in total. The maximum Gasteiger partial charge on any atom is 0.240 e. The third kappa shape index (κ3) is 3.69. The fourth-order valence-corrected chi connectivity index (χ4v) is 3.96. The van der Waals surface area contributed by atoms with Crippen LogP contribution in [-0.4, -0.2) is 52.9 Å². The van der Waals surface area contributed by atoms with Crippen molar-refractivity contribution in [1.82, 2.24) is 14.9 Å². The van der Waals surface area contributed by atoms with Gasteiger partial charge in [0.1, 0.15) is 5.41 Å². The highest BCUT2D eigenvalue weighted by atomic mass is 16.2. The van der Waals surface area contributed by atoms with Crippen LogP contribution in [0.3, 0.4) is 0 Å². The van der Waals surface area contributed by atoms with Crippen LogP contribution in [0.4, 0.5) is 11.6 Å². The zero-order valence-corrected chi connectivity index (χ0v) is 17.0. The Labute approximate surface area is 171 Å². The van der Waals surface area contributed by atoms with Crippen LogP contribution in [-0.2, 0) is 16.0 Å². The number of carbonyl (C=O) groups excluding carboxylic acids is 2. The van der Waals surface area contributed by atoms with E-state index in [0.29, 0.717) is 45.0 Å². The van der Waals surface area contributed by atoms with Gasteiger partial charge >= 0.3 is 0 Å². The number of anilines is 2. The third-order valence-electron chi connectivity index (χ3n) is 5.97. The SMILES string of the molecule is CCc1cccc(C)c1NC(=O)C1(C(=O)N2CCN(c3ncccn3)CC2)CC1. The van der Waals surface area contributed by atoms with Crippen molar-refractivity contribution < 1.29 is 9.59 Å². The van der Waals surface area contributed by atoms with Gasteiger partial charge in [-0.05, 0) is 43.4 Å². The van der Waals surface area contributed by atoms with E-state index in [0.717, 1.165) is 23.2 Å². The quantitative estimate of drug-likeness (QED) is 0.790. The van der Waals surface area contributed by atoms with Crippen molar-refractivity contribution in [2.75, 3.05) is 36.4 Å². The molecule has 2 heterocycles. The van der Waals surface area contributed by atoms with Crippen LogP contribution in [0.2, 0.25) is 0 Å². The molecule has 0 spiro atoms. The fourth-order valence-electron chi connectivity index (χ4n) is 3.96. The van der Waals surface area contributed by atoms with Crippen molar-refractivity contribution in [1.29, 1.82) is 0 Å². The lowest BCUT2D eigenvalue weighted by Gasteiger charge is -2.36. The van der Waals surface area contributed by atoms with Crippen LogP contribution >= 0.6 is 0 Å². The summed E-state index contributed by atoms with van der Waals surface area (Å²) in [6.07, 6.45) is 5.51. The Morgan fingerprint density at radius 2 is 1.76 bits per heavy atom. The van der Waals surface area contributed by atoms with E-state index in [2.05, 4.69) is 27.1 Å². The Bertz CT molecular complexity index is 903. The Morgan fingerprint density at radius 1 is 1.07 bits per heavy atom. The molecule has 152 valence electrons. The van der Waals surface area contributed by atoms with Gasteiger partial charge in [0.25, 0.3) is 0 Å². The number of hydrogen-bond acceptors (Lipinski definition) is 5. The molecule has 0 bridgehead atoms. The summed E-state index contributed by atoms with van der Waals surface area (Å²) in [6.45, 7) is 6.56. The summed E-state index contributed by atoms with van der Waals surface area (Å²) in [5, 5.41) is 3.07. The lowest BCUT2D eigenvalue weighted by Crippen LogP contribution is -2.53. The van der Waals surface area contributed by atoms with Crippen LogP contribution in [0.1, 0.15) is 30.9 Å². The Hall–Kier alpha value is -2.96. The van der Waals surface area contributed by atoms with Gasteiger partial charge in [0, 0.05) is 44.3 Å². The molecule has 1 aliphatic heterocycles. The van der Waals surface area contributed by atoms with Gasteiger partial charge in [-0.15, -0.1) is 0 Å². The second-order valence-electron chi connectivity index (χ2n) is 7.83. The Balaban J connectivity index is 1.42. The highest BCUT2D eigenvalue weighted by molar-refractivity contribution is 6.13. The van der Waals surface area contributed by atoms with E-state index in [9.17, 15) is 9.59 Å². The minimum atomic E-state index is -0.904. The molecule has 1 aromatic heterocycles. The number of rotatable bonds is 5. The fraction of sp³-hybridized carbons (Fsp3) is 0.455. The van der Waals surface area contributed by atoms with E-state index < -0.39 is 5.41 Å². The average molecular weight is 393 g/mol. The standard InChI is InChI=1S/C22H27N5O2/c1-3-17-7-4-6-16(2)18(17)25-19(28)22(8-9-22)20(29)26-12-14-27(15-13-26)21-23-10-5-11-24-21/h4-7,10-11H,3,8-9,12-15H2,1-2H3,(H,25,28). The van der Waals surface area contributed by atoms with Gasteiger partial charge in [0.2, 0.25) is 17.8 Å². The molecule has 2 aromatic rings. The van der Waals surface area contributed by atoms with E-state index in [1.807, 2.05) is 30.0 Å². The molecule has 29 heavy (non-hydrogen) atoms. The molecule has 1 saturated heterocycles. The Kier molecular flexibility index (Phi) is 5.22. The van der Waals surface area contributed by atoms with Crippen molar-refractivity contribution in [2.24, 2.45) is 5.41 Å². The number of amides is 2. The summed E-state index contributed by atoms with van der Waals surface area (Å²) in [5.74, 6) is 0.473. The molecule has 7 nitrogen and oxygen atoms in total. The first-order valence-electron chi connectivity index (χ1n) is 10.3. The molecule has 1 saturated carbocycles. The van der Waals surface area contributed by atoms with Crippen molar-refractivity contribution in [3.63, 3.8) is 0 Å². The molecule has 1 aromatic carbocycles. The molecule has 0 radical (unpaired) electrons. The zero-order valence-electron chi connectivity index (χ0n) is 17.0. The highest BCUT2D eigenvalue weighted by Crippen LogP contribution is 2.48. The molecule has 0 atom stereocenters. The van der Waals surface area contributed by atoms with Crippen LogP contribution in [0, 0.1) is 12.3 Å². The molecule has 0 unspecified atom stereocenters. The molecule has 2 fully saturated rings. The van der Waals surface area contributed by atoms with Gasteiger partial charge in [-0.1, -0.05) is 25.1 Å². The molecule has 7 heteroatoms. The van der Waals surface area contributed by atoms with Gasteiger partial charge in [-0.2, -0.15) is 0 Å². The van der Waals surface area contributed by atoms with Gasteiger partial charge in [-0.25, -0.2) is 9.97 Å². The number of aryl methyl sites for hydroxylation is 2. The van der Waals surface area contributed by atoms with Crippen LogP contribution in [0.25, 0.3) is 0 Å². The van der Waals surface area contributed by atoms with Gasteiger partial charge < -0.3 is 15.1 Å². The number of hydrogen-bond donors (Lipinski definition) is 1. The highest BCUT2D eigenvalue weighted by Gasteiger charge is 2.58. The second kappa shape index (κ2) is 7.81. The first kappa shape index (κ1) is 19.4. The third-order valence-corrected chi connectivity index (χ3v) is 5.97. The molecule has 2 aliphatic rings. The minimum Gasteiger partial charge on any atom is -0.338 e. The van der Waals surface area contributed by atoms with Crippen molar-refractivity contribution in [3.8, 4) is 0 Å². The van der Waals surface area contributed by atoms with Crippen LogP contribution in [0.5, 0.6) is 0 Å². The smallest absolute Gasteiger partial charge is 0.240 e. The monoisotopic (exact) mass is 393 g/mol. The van der Waals surface area contributed by atoms with E-state index in [1.54, 1.807) is 18.5 Å². The summed E-state index contributed by atoms with van der Waals surface area (Å²) in [5.41, 5.74) is 2.07. The number of benzene rings is 1. The largest absolute Gasteiger partial charge is 0.338 e. The van der Waals surface area contributed by atoms with Crippen LogP contribution < -0.4 is 10.2 Å². The summed E-state index contributed by atoms with van der Waals surface area (Å²) < 4.78 is 0. The lowest BCUT2D eigenvalue weighted by atomic mass is 10.0. The molecular weight excluding hydrogens is 366 g/mol. The molecule has 1 aliphatic carbocycles. The number of nitrogens with zero attached hydrogens (tertiary/aromatic N) is 4. The number of para-hydroxylation sites is 1. The first-order chi connectivity index (χ1) is 14.0.